The topological polar surface area (TPSA) is 46.9 Å². The number of nitrogens with zero attached hydrogens (tertiary/aromatic N) is 2. The van der Waals surface area contributed by atoms with E-state index in [2.05, 4.69) is 26.2 Å². The first kappa shape index (κ1) is 11.9. The third-order valence-corrected chi connectivity index (χ3v) is 2.79. The van der Waals surface area contributed by atoms with Gasteiger partial charge in [-0.1, -0.05) is 6.07 Å². The zero-order chi connectivity index (χ0) is 12.3. The van der Waals surface area contributed by atoms with Gasteiger partial charge in [0, 0.05) is 23.9 Å². The molecule has 0 atom stereocenters. The van der Waals surface area contributed by atoms with Crippen molar-refractivity contribution < 1.29 is 4.79 Å². The van der Waals surface area contributed by atoms with Crippen LogP contribution in [0, 0.1) is 0 Å². The van der Waals surface area contributed by atoms with Crippen LogP contribution in [-0.4, -0.2) is 15.5 Å². The zero-order valence-corrected chi connectivity index (χ0v) is 10.9. The number of nitrogens with one attached hydrogen (secondary N) is 1. The minimum atomic E-state index is -0.108. The van der Waals surface area contributed by atoms with Gasteiger partial charge in [0.15, 0.2) is 0 Å². The Morgan fingerprint density at radius 1 is 1.53 bits per heavy atom. The van der Waals surface area contributed by atoms with E-state index in [1.165, 1.54) is 0 Å². The lowest BCUT2D eigenvalue weighted by molar-refractivity contribution is 0.0942. The Kier molecular flexibility index (Phi) is 3.58. The SMILES string of the molecule is Cn1cc(Br)cc1C(=O)NCc1ccccn1. The summed E-state index contributed by atoms with van der Waals surface area (Å²) in [7, 11) is 1.83. The Bertz CT molecular complexity index is 522. The highest BCUT2D eigenvalue weighted by atomic mass is 79.9. The van der Waals surface area contributed by atoms with E-state index in [1.54, 1.807) is 16.8 Å². The molecule has 2 aromatic rings. The number of hydrogen-bond donors (Lipinski definition) is 1. The number of aromatic nitrogens is 2. The van der Waals surface area contributed by atoms with Crippen molar-refractivity contribution in [3.8, 4) is 0 Å². The number of carbonyl (C=O) groups excluding carboxylic acids is 1. The highest BCUT2D eigenvalue weighted by molar-refractivity contribution is 9.10. The summed E-state index contributed by atoms with van der Waals surface area (Å²) in [5, 5.41) is 2.83. The Hall–Kier alpha value is -1.62. The number of halogens is 1. The van der Waals surface area contributed by atoms with Crippen LogP contribution in [-0.2, 0) is 13.6 Å². The van der Waals surface area contributed by atoms with E-state index in [4.69, 9.17) is 0 Å². The number of pyridine rings is 1. The van der Waals surface area contributed by atoms with Gasteiger partial charge in [-0.2, -0.15) is 0 Å². The highest BCUT2D eigenvalue weighted by Crippen LogP contribution is 2.13. The Balaban J connectivity index is 2.01. The number of rotatable bonds is 3. The summed E-state index contributed by atoms with van der Waals surface area (Å²) < 4.78 is 2.67. The van der Waals surface area contributed by atoms with Crippen LogP contribution in [0.1, 0.15) is 16.2 Å². The predicted molar refractivity (Wildman–Crippen MR) is 68.5 cm³/mol. The first-order chi connectivity index (χ1) is 8.16. The van der Waals surface area contributed by atoms with Crippen molar-refractivity contribution in [2.45, 2.75) is 6.54 Å². The van der Waals surface area contributed by atoms with E-state index >= 15 is 0 Å². The lowest BCUT2D eigenvalue weighted by atomic mass is 10.3. The van der Waals surface area contributed by atoms with E-state index < -0.39 is 0 Å². The molecule has 0 aromatic carbocycles. The van der Waals surface area contributed by atoms with Gasteiger partial charge in [0.1, 0.15) is 5.69 Å². The molecule has 4 nitrogen and oxygen atoms in total. The molecular weight excluding hydrogens is 282 g/mol. The van der Waals surface area contributed by atoms with Gasteiger partial charge < -0.3 is 9.88 Å². The summed E-state index contributed by atoms with van der Waals surface area (Å²) in [6, 6.07) is 7.40. The molecule has 2 rings (SSSR count). The number of aryl methyl sites for hydroxylation is 1. The van der Waals surface area contributed by atoms with Crippen molar-refractivity contribution in [3.63, 3.8) is 0 Å². The molecule has 0 aliphatic rings. The first-order valence-electron chi connectivity index (χ1n) is 5.17. The van der Waals surface area contributed by atoms with Crippen LogP contribution >= 0.6 is 15.9 Å². The fourth-order valence-corrected chi connectivity index (χ4v) is 2.04. The maximum atomic E-state index is 11.9. The van der Waals surface area contributed by atoms with Gasteiger partial charge in [-0.05, 0) is 34.1 Å². The van der Waals surface area contributed by atoms with Crippen molar-refractivity contribution in [2.24, 2.45) is 7.05 Å². The third kappa shape index (κ3) is 2.94. The Morgan fingerprint density at radius 3 is 2.94 bits per heavy atom. The standard InChI is InChI=1S/C12H12BrN3O/c1-16-8-9(13)6-11(16)12(17)15-7-10-4-2-3-5-14-10/h2-6,8H,7H2,1H3,(H,15,17). The van der Waals surface area contributed by atoms with Crippen molar-refractivity contribution in [2.75, 3.05) is 0 Å². The maximum Gasteiger partial charge on any atom is 0.268 e. The van der Waals surface area contributed by atoms with E-state index in [1.807, 2.05) is 31.4 Å². The van der Waals surface area contributed by atoms with Crippen molar-refractivity contribution in [1.29, 1.82) is 0 Å². The minimum Gasteiger partial charge on any atom is -0.345 e. The van der Waals surface area contributed by atoms with Crippen molar-refractivity contribution in [1.82, 2.24) is 14.9 Å². The van der Waals surface area contributed by atoms with Gasteiger partial charge in [-0.15, -0.1) is 0 Å². The average molecular weight is 294 g/mol. The van der Waals surface area contributed by atoms with Crippen LogP contribution in [0.2, 0.25) is 0 Å². The van der Waals surface area contributed by atoms with Crippen LogP contribution in [0.4, 0.5) is 0 Å². The molecule has 1 N–H and O–H groups in total. The molecule has 1 amide bonds. The molecule has 0 bridgehead atoms. The molecule has 0 fully saturated rings. The van der Waals surface area contributed by atoms with Gasteiger partial charge in [0.2, 0.25) is 0 Å². The lowest BCUT2D eigenvalue weighted by Crippen LogP contribution is -2.25. The Labute approximate surface area is 108 Å². The van der Waals surface area contributed by atoms with Gasteiger partial charge in [-0.3, -0.25) is 9.78 Å². The van der Waals surface area contributed by atoms with Crippen LogP contribution in [0.25, 0.3) is 0 Å². The summed E-state index contributed by atoms with van der Waals surface area (Å²) in [6.07, 6.45) is 3.55. The van der Waals surface area contributed by atoms with Crippen molar-refractivity contribution >= 4 is 21.8 Å². The monoisotopic (exact) mass is 293 g/mol. The third-order valence-electron chi connectivity index (χ3n) is 2.36. The molecule has 0 radical (unpaired) electrons. The van der Waals surface area contributed by atoms with Gasteiger partial charge in [0.25, 0.3) is 5.91 Å². The second-order valence-electron chi connectivity index (χ2n) is 3.66. The molecule has 5 heteroatoms. The fraction of sp³-hybridized carbons (Fsp3) is 0.167. The minimum absolute atomic E-state index is 0.108. The molecule has 88 valence electrons. The smallest absolute Gasteiger partial charge is 0.268 e. The summed E-state index contributed by atoms with van der Waals surface area (Å²) in [5.41, 5.74) is 1.46. The first-order valence-corrected chi connectivity index (χ1v) is 5.96. The number of hydrogen-bond acceptors (Lipinski definition) is 2. The molecule has 2 heterocycles. The fourth-order valence-electron chi connectivity index (χ4n) is 1.51. The van der Waals surface area contributed by atoms with Gasteiger partial charge >= 0.3 is 0 Å². The van der Waals surface area contributed by atoms with Gasteiger partial charge in [-0.25, -0.2) is 0 Å². The molecule has 0 aliphatic carbocycles. The van der Waals surface area contributed by atoms with Crippen LogP contribution in [0.3, 0.4) is 0 Å². The highest BCUT2D eigenvalue weighted by Gasteiger charge is 2.10. The van der Waals surface area contributed by atoms with E-state index in [0.29, 0.717) is 12.2 Å². The van der Waals surface area contributed by atoms with Gasteiger partial charge in [0.05, 0.1) is 12.2 Å². The summed E-state index contributed by atoms with van der Waals surface area (Å²) in [6.45, 7) is 0.433. The summed E-state index contributed by atoms with van der Waals surface area (Å²) in [5.74, 6) is -0.108. The molecule has 0 spiro atoms. The van der Waals surface area contributed by atoms with E-state index in [0.717, 1.165) is 10.2 Å². The average Bonchev–Trinajstić information content (AvgIpc) is 2.67. The second kappa shape index (κ2) is 5.14. The molecule has 0 saturated carbocycles. The van der Waals surface area contributed by atoms with E-state index in [-0.39, 0.29) is 5.91 Å². The molecule has 0 unspecified atom stereocenters. The molecule has 0 saturated heterocycles. The largest absolute Gasteiger partial charge is 0.345 e. The van der Waals surface area contributed by atoms with Crippen molar-refractivity contribution in [3.05, 3.63) is 52.5 Å². The van der Waals surface area contributed by atoms with Crippen LogP contribution < -0.4 is 5.32 Å². The molecule has 0 aliphatic heterocycles. The lowest BCUT2D eigenvalue weighted by Gasteiger charge is -2.05. The maximum absolute atomic E-state index is 11.9. The van der Waals surface area contributed by atoms with E-state index in [9.17, 15) is 4.79 Å². The molecule has 2 aromatic heterocycles. The quantitative estimate of drug-likeness (QED) is 0.942. The normalized spacial score (nSPS) is 10.2. The number of carbonyl (C=O) groups is 1. The molecule has 17 heavy (non-hydrogen) atoms. The molecular formula is C12H12BrN3O. The predicted octanol–water partition coefficient (Wildman–Crippen LogP) is 2.11. The van der Waals surface area contributed by atoms with Crippen LogP contribution in [0.15, 0.2) is 41.1 Å². The zero-order valence-electron chi connectivity index (χ0n) is 9.35. The van der Waals surface area contributed by atoms with Crippen LogP contribution in [0.5, 0.6) is 0 Å². The Morgan fingerprint density at radius 2 is 2.35 bits per heavy atom. The summed E-state index contributed by atoms with van der Waals surface area (Å²) in [4.78, 5) is 16.0. The summed E-state index contributed by atoms with van der Waals surface area (Å²) >= 11 is 3.33. The number of amides is 1. The second-order valence-corrected chi connectivity index (χ2v) is 4.57.